The van der Waals surface area contributed by atoms with Crippen molar-refractivity contribution in [1.29, 1.82) is 0 Å². The molecule has 1 aliphatic rings. The summed E-state index contributed by atoms with van der Waals surface area (Å²) < 4.78 is 0. The summed E-state index contributed by atoms with van der Waals surface area (Å²) in [4.78, 5) is 0. The minimum absolute atomic E-state index is 0.383. The van der Waals surface area contributed by atoms with Gasteiger partial charge in [0.25, 0.3) is 0 Å². The number of hydrogen-bond acceptors (Lipinski definition) is 1. The van der Waals surface area contributed by atoms with E-state index in [-0.39, 0.29) is 0 Å². The molecule has 0 aliphatic heterocycles. The second kappa shape index (κ2) is 3.80. The normalized spacial score (nSPS) is 23.6. The second-order valence-electron chi connectivity index (χ2n) is 5.23. The third kappa shape index (κ3) is 2.19. The first-order valence-electron chi connectivity index (χ1n) is 5.47. The van der Waals surface area contributed by atoms with Gasteiger partial charge in [0.1, 0.15) is 0 Å². The average molecular weight is 224 g/mol. The van der Waals surface area contributed by atoms with E-state index >= 15 is 0 Å². The van der Waals surface area contributed by atoms with Crippen molar-refractivity contribution in [3.8, 4) is 0 Å². The molecule has 0 saturated heterocycles. The van der Waals surface area contributed by atoms with Gasteiger partial charge in [-0.3, -0.25) is 0 Å². The molecule has 2 heteroatoms. The van der Waals surface area contributed by atoms with E-state index in [4.69, 9.17) is 11.6 Å². The number of benzene rings is 1. The lowest BCUT2D eigenvalue weighted by Crippen LogP contribution is -2.31. The highest BCUT2D eigenvalue weighted by Gasteiger charge is 2.31. The van der Waals surface area contributed by atoms with Crippen LogP contribution in [-0.2, 0) is 6.42 Å². The van der Waals surface area contributed by atoms with Crippen molar-refractivity contribution in [2.75, 3.05) is 7.05 Å². The minimum Gasteiger partial charge on any atom is -0.313 e. The fourth-order valence-electron chi connectivity index (χ4n) is 2.56. The number of rotatable bonds is 1. The van der Waals surface area contributed by atoms with Gasteiger partial charge in [0.15, 0.2) is 0 Å². The van der Waals surface area contributed by atoms with Crippen molar-refractivity contribution in [2.45, 2.75) is 32.7 Å². The van der Waals surface area contributed by atoms with E-state index in [0.29, 0.717) is 11.5 Å². The second-order valence-corrected chi connectivity index (χ2v) is 5.67. The predicted octanol–water partition coefficient (Wildman–Crippen LogP) is 3.57. The van der Waals surface area contributed by atoms with Crippen LogP contribution in [0, 0.1) is 5.41 Å². The van der Waals surface area contributed by atoms with Crippen LogP contribution in [0.2, 0.25) is 5.02 Å². The van der Waals surface area contributed by atoms with Gasteiger partial charge in [0, 0.05) is 11.1 Å². The predicted molar refractivity (Wildman–Crippen MR) is 65.4 cm³/mol. The summed E-state index contributed by atoms with van der Waals surface area (Å²) >= 11 is 6.04. The molecule has 1 N–H and O–H groups in total. The molecule has 0 heterocycles. The summed E-state index contributed by atoms with van der Waals surface area (Å²) in [7, 11) is 2.02. The smallest absolute Gasteiger partial charge is 0.0409 e. The number of hydrogen-bond donors (Lipinski definition) is 1. The first-order chi connectivity index (χ1) is 7.02. The average Bonchev–Trinajstić information content (AvgIpc) is 2.16. The molecule has 0 saturated carbocycles. The van der Waals surface area contributed by atoms with E-state index in [2.05, 4.69) is 31.3 Å². The van der Waals surface area contributed by atoms with Crippen LogP contribution < -0.4 is 5.32 Å². The van der Waals surface area contributed by atoms with E-state index in [1.54, 1.807) is 0 Å². The molecule has 0 radical (unpaired) electrons. The quantitative estimate of drug-likeness (QED) is 0.768. The molecule has 1 nitrogen and oxygen atoms in total. The first-order valence-corrected chi connectivity index (χ1v) is 5.85. The monoisotopic (exact) mass is 223 g/mol. The molecule has 0 spiro atoms. The van der Waals surface area contributed by atoms with Crippen LogP contribution >= 0.6 is 11.6 Å². The van der Waals surface area contributed by atoms with Crippen LogP contribution in [0.25, 0.3) is 0 Å². The molecule has 0 bridgehead atoms. The van der Waals surface area contributed by atoms with E-state index in [9.17, 15) is 0 Å². The molecule has 1 aliphatic carbocycles. The highest BCUT2D eigenvalue weighted by molar-refractivity contribution is 6.30. The van der Waals surface area contributed by atoms with Gasteiger partial charge in [-0.2, -0.15) is 0 Å². The van der Waals surface area contributed by atoms with E-state index in [1.165, 1.54) is 17.5 Å². The number of nitrogens with one attached hydrogen (secondary N) is 1. The van der Waals surface area contributed by atoms with E-state index in [0.717, 1.165) is 11.4 Å². The molecule has 1 unspecified atom stereocenters. The lowest BCUT2D eigenvalue weighted by molar-refractivity contribution is 0.265. The molecule has 82 valence electrons. The van der Waals surface area contributed by atoms with Crippen LogP contribution in [-0.4, -0.2) is 7.05 Å². The van der Waals surface area contributed by atoms with Gasteiger partial charge in [-0.25, -0.2) is 0 Å². The molecule has 0 amide bonds. The molecule has 0 aromatic heterocycles. The van der Waals surface area contributed by atoms with Gasteiger partial charge in [-0.1, -0.05) is 31.5 Å². The Morgan fingerprint density at radius 1 is 1.40 bits per heavy atom. The Morgan fingerprint density at radius 3 is 2.80 bits per heavy atom. The van der Waals surface area contributed by atoms with Crippen molar-refractivity contribution in [1.82, 2.24) is 5.32 Å². The molecule has 1 aromatic carbocycles. The summed E-state index contributed by atoms with van der Waals surface area (Å²) in [5.74, 6) is 0. The Bertz CT molecular complexity index is 371. The van der Waals surface area contributed by atoms with Crippen molar-refractivity contribution < 1.29 is 0 Å². The highest BCUT2D eigenvalue weighted by Crippen LogP contribution is 2.41. The molecule has 15 heavy (non-hydrogen) atoms. The highest BCUT2D eigenvalue weighted by atomic mass is 35.5. The lowest BCUT2D eigenvalue weighted by Gasteiger charge is -2.37. The van der Waals surface area contributed by atoms with Gasteiger partial charge in [-0.05, 0) is 48.6 Å². The van der Waals surface area contributed by atoms with Gasteiger partial charge in [0.2, 0.25) is 0 Å². The third-order valence-corrected chi connectivity index (χ3v) is 3.49. The number of halogens is 1. The van der Waals surface area contributed by atoms with Crippen molar-refractivity contribution >= 4 is 11.6 Å². The van der Waals surface area contributed by atoms with Crippen LogP contribution in [0.1, 0.15) is 37.4 Å². The summed E-state index contributed by atoms with van der Waals surface area (Å²) in [5.41, 5.74) is 3.20. The molecular weight excluding hydrogens is 206 g/mol. The van der Waals surface area contributed by atoms with Crippen molar-refractivity contribution in [2.24, 2.45) is 5.41 Å². The third-order valence-electron chi connectivity index (χ3n) is 3.26. The van der Waals surface area contributed by atoms with Crippen LogP contribution in [0.5, 0.6) is 0 Å². The van der Waals surface area contributed by atoms with Gasteiger partial charge in [-0.15, -0.1) is 0 Å². The Morgan fingerprint density at radius 2 is 2.13 bits per heavy atom. The van der Waals surface area contributed by atoms with Crippen molar-refractivity contribution in [3.05, 3.63) is 34.3 Å². The topological polar surface area (TPSA) is 12.0 Å². The SMILES string of the molecule is CNC1CC(C)(C)Cc2ccc(Cl)cc21. The Labute approximate surface area is 96.8 Å². The zero-order chi connectivity index (χ0) is 11.1. The standard InChI is InChI=1S/C13H18ClN/c1-13(2)7-9-4-5-10(14)6-11(9)12(8-13)15-3/h4-6,12,15H,7-8H2,1-3H3. The van der Waals surface area contributed by atoms with Crippen LogP contribution in [0.3, 0.4) is 0 Å². The Hall–Kier alpha value is -0.530. The summed E-state index contributed by atoms with van der Waals surface area (Å²) in [6.07, 6.45) is 2.33. The first kappa shape index (κ1) is 11.0. The molecule has 2 rings (SSSR count). The van der Waals surface area contributed by atoms with Gasteiger partial charge >= 0.3 is 0 Å². The summed E-state index contributed by atoms with van der Waals surface area (Å²) in [5, 5.41) is 4.23. The summed E-state index contributed by atoms with van der Waals surface area (Å²) in [6.45, 7) is 4.66. The summed E-state index contributed by atoms with van der Waals surface area (Å²) in [6, 6.07) is 6.72. The van der Waals surface area contributed by atoms with E-state index in [1.807, 2.05) is 13.1 Å². The maximum absolute atomic E-state index is 6.04. The van der Waals surface area contributed by atoms with Crippen LogP contribution in [0.15, 0.2) is 18.2 Å². The maximum atomic E-state index is 6.04. The van der Waals surface area contributed by atoms with E-state index < -0.39 is 0 Å². The van der Waals surface area contributed by atoms with Crippen molar-refractivity contribution in [3.63, 3.8) is 0 Å². The Kier molecular flexibility index (Phi) is 2.78. The number of fused-ring (bicyclic) bond motifs is 1. The zero-order valence-corrected chi connectivity index (χ0v) is 10.4. The largest absolute Gasteiger partial charge is 0.313 e. The fraction of sp³-hybridized carbons (Fsp3) is 0.538. The van der Waals surface area contributed by atoms with Gasteiger partial charge < -0.3 is 5.32 Å². The maximum Gasteiger partial charge on any atom is 0.0409 e. The lowest BCUT2D eigenvalue weighted by atomic mass is 9.72. The van der Waals surface area contributed by atoms with Gasteiger partial charge in [0.05, 0.1) is 0 Å². The molecule has 1 aromatic rings. The molecule has 1 atom stereocenters. The minimum atomic E-state index is 0.383. The molecule has 0 fully saturated rings. The molecular formula is C13H18ClN. The fourth-order valence-corrected chi connectivity index (χ4v) is 2.74. The Balaban J connectivity index is 2.44. The zero-order valence-electron chi connectivity index (χ0n) is 9.60. The van der Waals surface area contributed by atoms with Crippen LogP contribution in [0.4, 0.5) is 0 Å².